The molecule has 0 amide bonds. The molecule has 0 aliphatic carbocycles. The maximum atomic E-state index is 10.9. The van der Waals surface area contributed by atoms with Crippen molar-refractivity contribution in [3.63, 3.8) is 0 Å². The molecule has 17 heavy (non-hydrogen) atoms. The number of benzene rings is 1. The van der Waals surface area contributed by atoms with E-state index in [1.165, 1.54) is 0 Å². The Bertz CT molecular complexity index is 375. The summed E-state index contributed by atoms with van der Waals surface area (Å²) in [6, 6.07) is 3.25. The normalized spacial score (nSPS) is 10.3. The van der Waals surface area contributed by atoms with Crippen molar-refractivity contribution in [1.29, 1.82) is 0 Å². The van der Waals surface area contributed by atoms with Crippen LogP contribution in [0.4, 0.5) is 0 Å². The minimum Gasteiger partial charge on any atom is -0.493 e. The maximum absolute atomic E-state index is 10.9. The zero-order valence-electron chi connectivity index (χ0n) is 10.4. The fraction of sp³-hybridized carbons (Fsp3) is 0.462. The van der Waals surface area contributed by atoms with E-state index in [4.69, 9.17) is 14.6 Å². The van der Waals surface area contributed by atoms with Crippen LogP contribution in [0.3, 0.4) is 0 Å². The van der Waals surface area contributed by atoms with E-state index in [1.54, 1.807) is 19.2 Å². The van der Waals surface area contributed by atoms with Gasteiger partial charge in [-0.2, -0.15) is 0 Å². The van der Waals surface area contributed by atoms with Gasteiger partial charge >= 0.3 is 5.97 Å². The van der Waals surface area contributed by atoms with Crippen molar-refractivity contribution < 1.29 is 19.4 Å². The summed E-state index contributed by atoms with van der Waals surface area (Å²) in [7, 11) is 1.65. The van der Waals surface area contributed by atoms with Crippen LogP contribution >= 0.6 is 0 Å². The van der Waals surface area contributed by atoms with Gasteiger partial charge in [0.2, 0.25) is 0 Å². The van der Waals surface area contributed by atoms with Crippen LogP contribution < -0.4 is 4.74 Å². The summed E-state index contributed by atoms with van der Waals surface area (Å²) in [6.45, 7) is 4.93. The lowest BCUT2D eigenvalue weighted by atomic mass is 10.1. The van der Waals surface area contributed by atoms with Crippen molar-refractivity contribution in [2.75, 3.05) is 20.3 Å². The molecule has 0 aliphatic heterocycles. The molecular weight excluding hydrogens is 220 g/mol. The number of hydrogen-bond donors (Lipinski definition) is 1. The highest BCUT2D eigenvalue weighted by atomic mass is 16.5. The van der Waals surface area contributed by atoms with E-state index in [0.717, 1.165) is 23.3 Å². The van der Waals surface area contributed by atoms with E-state index in [2.05, 4.69) is 0 Å². The lowest BCUT2D eigenvalue weighted by Gasteiger charge is -2.12. The first kappa shape index (κ1) is 13.5. The van der Waals surface area contributed by atoms with Gasteiger partial charge in [-0.05, 0) is 37.1 Å². The number of aromatic carboxylic acids is 1. The molecule has 0 unspecified atom stereocenters. The summed E-state index contributed by atoms with van der Waals surface area (Å²) in [5.74, 6) is -0.145. The Kier molecular flexibility index (Phi) is 4.97. The van der Waals surface area contributed by atoms with Crippen molar-refractivity contribution in [2.24, 2.45) is 0 Å². The van der Waals surface area contributed by atoms with Crippen molar-refractivity contribution in [1.82, 2.24) is 0 Å². The Hall–Kier alpha value is -1.55. The Labute approximate surface area is 101 Å². The zero-order chi connectivity index (χ0) is 12.8. The van der Waals surface area contributed by atoms with E-state index in [0.29, 0.717) is 18.8 Å². The maximum Gasteiger partial charge on any atom is 0.335 e. The van der Waals surface area contributed by atoms with Crippen molar-refractivity contribution >= 4 is 5.97 Å². The third-order valence-electron chi connectivity index (χ3n) is 2.45. The quantitative estimate of drug-likeness (QED) is 0.773. The van der Waals surface area contributed by atoms with Gasteiger partial charge < -0.3 is 14.6 Å². The minimum atomic E-state index is -0.915. The molecule has 0 aromatic heterocycles. The van der Waals surface area contributed by atoms with Gasteiger partial charge in [0.25, 0.3) is 0 Å². The molecule has 94 valence electrons. The zero-order valence-corrected chi connectivity index (χ0v) is 10.4. The van der Waals surface area contributed by atoms with Crippen molar-refractivity contribution in [2.45, 2.75) is 20.3 Å². The highest BCUT2D eigenvalue weighted by molar-refractivity contribution is 5.88. The van der Waals surface area contributed by atoms with Gasteiger partial charge in [-0.1, -0.05) is 0 Å². The van der Waals surface area contributed by atoms with Gasteiger partial charge in [0, 0.05) is 20.1 Å². The fourth-order valence-electron chi connectivity index (χ4n) is 1.68. The van der Waals surface area contributed by atoms with Crippen LogP contribution in [0.1, 0.15) is 27.9 Å². The van der Waals surface area contributed by atoms with E-state index >= 15 is 0 Å². The molecule has 1 rings (SSSR count). The molecular formula is C13H18O4. The molecule has 0 spiro atoms. The molecule has 4 heteroatoms. The number of carboxylic acid groups (broad SMARTS) is 1. The summed E-state index contributed by atoms with van der Waals surface area (Å²) >= 11 is 0. The van der Waals surface area contributed by atoms with Crippen molar-refractivity contribution in [3.05, 3.63) is 28.8 Å². The van der Waals surface area contributed by atoms with Crippen LogP contribution in [0.25, 0.3) is 0 Å². The molecule has 1 aromatic rings. The van der Waals surface area contributed by atoms with E-state index in [-0.39, 0.29) is 0 Å². The van der Waals surface area contributed by atoms with Crippen LogP contribution in [-0.4, -0.2) is 31.4 Å². The highest BCUT2D eigenvalue weighted by Crippen LogP contribution is 2.24. The molecule has 0 radical (unpaired) electrons. The number of aryl methyl sites for hydroxylation is 2. The predicted octanol–water partition coefficient (Wildman–Crippen LogP) is 2.42. The average Bonchev–Trinajstić information content (AvgIpc) is 2.26. The molecule has 0 saturated carbocycles. The molecule has 0 bridgehead atoms. The van der Waals surface area contributed by atoms with Gasteiger partial charge in [0.15, 0.2) is 0 Å². The van der Waals surface area contributed by atoms with Crippen LogP contribution in [0.5, 0.6) is 5.75 Å². The summed E-state index contributed by atoms with van der Waals surface area (Å²) < 4.78 is 10.6. The predicted molar refractivity (Wildman–Crippen MR) is 64.9 cm³/mol. The lowest BCUT2D eigenvalue weighted by Crippen LogP contribution is -2.05. The third kappa shape index (κ3) is 3.75. The molecule has 1 aromatic carbocycles. The smallest absolute Gasteiger partial charge is 0.335 e. The molecule has 4 nitrogen and oxygen atoms in total. The summed E-state index contributed by atoms with van der Waals surface area (Å²) in [4.78, 5) is 10.9. The lowest BCUT2D eigenvalue weighted by molar-refractivity contribution is 0.0696. The highest BCUT2D eigenvalue weighted by Gasteiger charge is 2.10. The third-order valence-corrected chi connectivity index (χ3v) is 2.45. The molecule has 0 fully saturated rings. The summed E-state index contributed by atoms with van der Waals surface area (Å²) in [6.07, 6.45) is 0.816. The number of carbonyl (C=O) groups is 1. The fourth-order valence-corrected chi connectivity index (χ4v) is 1.68. The Morgan fingerprint density at radius 1 is 1.24 bits per heavy atom. The first-order valence-electron chi connectivity index (χ1n) is 5.52. The van der Waals surface area contributed by atoms with Gasteiger partial charge in [0.05, 0.1) is 12.2 Å². The van der Waals surface area contributed by atoms with Gasteiger partial charge in [-0.15, -0.1) is 0 Å². The average molecular weight is 238 g/mol. The largest absolute Gasteiger partial charge is 0.493 e. The van der Waals surface area contributed by atoms with Crippen molar-refractivity contribution in [3.8, 4) is 5.75 Å². The Morgan fingerprint density at radius 2 is 1.82 bits per heavy atom. The second-order valence-corrected chi connectivity index (χ2v) is 3.94. The standard InChI is InChI=1S/C13H18O4/c1-9-7-11(13(14)15)8-10(2)12(9)17-6-4-5-16-3/h7-8H,4-6H2,1-3H3,(H,14,15). The number of ether oxygens (including phenoxy) is 2. The monoisotopic (exact) mass is 238 g/mol. The number of rotatable bonds is 6. The van der Waals surface area contributed by atoms with E-state index in [1.807, 2.05) is 13.8 Å². The molecule has 0 atom stereocenters. The second kappa shape index (κ2) is 6.25. The van der Waals surface area contributed by atoms with E-state index < -0.39 is 5.97 Å². The first-order chi connectivity index (χ1) is 8.06. The summed E-state index contributed by atoms with van der Waals surface area (Å²) in [5.41, 5.74) is 1.99. The summed E-state index contributed by atoms with van der Waals surface area (Å²) in [5, 5.41) is 8.91. The molecule has 0 saturated heterocycles. The number of hydrogen-bond acceptors (Lipinski definition) is 3. The van der Waals surface area contributed by atoms with E-state index in [9.17, 15) is 4.79 Å². The topological polar surface area (TPSA) is 55.8 Å². The van der Waals surface area contributed by atoms with Crippen LogP contribution in [0.2, 0.25) is 0 Å². The number of methoxy groups -OCH3 is 1. The molecule has 1 N–H and O–H groups in total. The second-order valence-electron chi connectivity index (χ2n) is 3.94. The minimum absolute atomic E-state index is 0.296. The Balaban J connectivity index is 2.76. The molecule has 0 heterocycles. The SMILES string of the molecule is COCCCOc1c(C)cc(C(=O)O)cc1C. The van der Waals surface area contributed by atoms with Gasteiger partial charge in [-0.25, -0.2) is 4.79 Å². The first-order valence-corrected chi connectivity index (χ1v) is 5.52. The van der Waals surface area contributed by atoms with Crippen LogP contribution in [-0.2, 0) is 4.74 Å². The number of carboxylic acids is 1. The van der Waals surface area contributed by atoms with Crippen LogP contribution in [0, 0.1) is 13.8 Å². The Morgan fingerprint density at radius 3 is 2.29 bits per heavy atom. The van der Waals surface area contributed by atoms with Crippen LogP contribution in [0.15, 0.2) is 12.1 Å². The molecule has 0 aliphatic rings. The van der Waals surface area contributed by atoms with Gasteiger partial charge in [-0.3, -0.25) is 0 Å². The van der Waals surface area contributed by atoms with Gasteiger partial charge in [0.1, 0.15) is 5.75 Å².